The van der Waals surface area contributed by atoms with E-state index >= 15 is 0 Å². The van der Waals surface area contributed by atoms with Gasteiger partial charge in [0.2, 0.25) is 0 Å². The molecule has 0 aromatic carbocycles. The van der Waals surface area contributed by atoms with Crippen molar-refractivity contribution < 1.29 is 4.74 Å². The molecule has 1 aliphatic rings. The van der Waals surface area contributed by atoms with Gasteiger partial charge in [-0.1, -0.05) is 6.92 Å². The highest BCUT2D eigenvalue weighted by Crippen LogP contribution is 2.17. The third-order valence-corrected chi connectivity index (χ3v) is 3.18. The van der Waals surface area contributed by atoms with Crippen molar-refractivity contribution in [3.05, 3.63) is 17.8 Å². The van der Waals surface area contributed by atoms with Gasteiger partial charge >= 0.3 is 0 Å². The first kappa shape index (κ1) is 14.2. The van der Waals surface area contributed by atoms with Crippen LogP contribution in [-0.4, -0.2) is 42.0 Å². The zero-order chi connectivity index (χ0) is 13.7. The van der Waals surface area contributed by atoms with Gasteiger partial charge in [0, 0.05) is 19.6 Å². The Hall–Kier alpha value is -1.20. The second kappa shape index (κ2) is 6.82. The molecule has 0 bridgehead atoms. The van der Waals surface area contributed by atoms with Gasteiger partial charge in [0.1, 0.15) is 0 Å². The quantitative estimate of drug-likeness (QED) is 0.819. The highest BCUT2D eigenvalue weighted by Gasteiger charge is 2.23. The van der Waals surface area contributed by atoms with Crippen LogP contribution >= 0.6 is 0 Å². The Morgan fingerprint density at radius 1 is 1.26 bits per heavy atom. The molecule has 0 unspecified atom stereocenters. The maximum atomic E-state index is 5.73. The maximum absolute atomic E-state index is 5.73. The number of hydrogen-bond acceptors (Lipinski definition) is 5. The summed E-state index contributed by atoms with van der Waals surface area (Å²) in [5.74, 6) is 0.946. The lowest BCUT2D eigenvalue weighted by molar-refractivity contribution is -0.00550. The molecule has 1 fully saturated rings. The van der Waals surface area contributed by atoms with Crippen LogP contribution in [0, 0.1) is 0 Å². The van der Waals surface area contributed by atoms with Crippen molar-refractivity contribution in [2.45, 2.75) is 45.9 Å². The molecule has 106 valence electrons. The fraction of sp³-hybridized carbons (Fsp3) is 0.714. The smallest absolute Gasteiger partial charge is 0.151 e. The number of morpholine rings is 1. The number of ether oxygens (including phenoxy) is 1. The Balaban J connectivity index is 1.93. The van der Waals surface area contributed by atoms with Crippen LogP contribution in [0.3, 0.4) is 0 Å². The summed E-state index contributed by atoms with van der Waals surface area (Å²) < 4.78 is 5.73. The molecule has 1 N–H and O–H groups in total. The summed E-state index contributed by atoms with van der Waals surface area (Å²) in [6.45, 7) is 9.92. The zero-order valence-corrected chi connectivity index (χ0v) is 12.1. The number of nitrogens with one attached hydrogen (secondary N) is 1. The minimum atomic E-state index is 0.247. The fourth-order valence-corrected chi connectivity index (χ4v) is 2.37. The number of anilines is 1. The van der Waals surface area contributed by atoms with Gasteiger partial charge in [-0.25, -0.2) is 0 Å². The van der Waals surface area contributed by atoms with E-state index in [1.54, 1.807) is 0 Å². The van der Waals surface area contributed by atoms with Gasteiger partial charge in [0.05, 0.1) is 17.9 Å². The number of nitrogens with zero attached hydrogens (tertiary/aromatic N) is 3. The highest BCUT2D eigenvalue weighted by atomic mass is 16.5. The summed E-state index contributed by atoms with van der Waals surface area (Å²) in [6.07, 6.45) is 1.63. The average Bonchev–Trinajstić information content (AvgIpc) is 2.39. The Labute approximate surface area is 115 Å². The highest BCUT2D eigenvalue weighted by molar-refractivity contribution is 5.38. The number of rotatable bonds is 5. The van der Waals surface area contributed by atoms with E-state index in [2.05, 4.69) is 53.3 Å². The molecule has 0 aliphatic carbocycles. The second-order valence-electron chi connectivity index (χ2n) is 5.22. The van der Waals surface area contributed by atoms with Gasteiger partial charge in [-0.3, -0.25) is 0 Å². The minimum Gasteiger partial charge on any atom is -0.372 e. The molecule has 0 spiro atoms. The van der Waals surface area contributed by atoms with Crippen LogP contribution in [0.25, 0.3) is 0 Å². The minimum absolute atomic E-state index is 0.247. The van der Waals surface area contributed by atoms with Crippen LogP contribution in [0.5, 0.6) is 0 Å². The molecule has 2 atom stereocenters. The average molecular weight is 264 g/mol. The van der Waals surface area contributed by atoms with E-state index in [-0.39, 0.29) is 12.2 Å². The van der Waals surface area contributed by atoms with Gasteiger partial charge in [-0.2, -0.15) is 5.10 Å². The van der Waals surface area contributed by atoms with Gasteiger partial charge in [0.15, 0.2) is 5.82 Å². The van der Waals surface area contributed by atoms with Gasteiger partial charge in [-0.15, -0.1) is 5.10 Å². The van der Waals surface area contributed by atoms with Crippen LogP contribution in [0.1, 0.15) is 32.9 Å². The summed E-state index contributed by atoms with van der Waals surface area (Å²) in [5, 5.41) is 11.9. The summed E-state index contributed by atoms with van der Waals surface area (Å²) in [7, 11) is 0. The van der Waals surface area contributed by atoms with Crippen LogP contribution < -0.4 is 10.2 Å². The van der Waals surface area contributed by atoms with Crippen molar-refractivity contribution in [1.29, 1.82) is 0 Å². The first-order valence-corrected chi connectivity index (χ1v) is 7.12. The zero-order valence-electron chi connectivity index (χ0n) is 12.1. The van der Waals surface area contributed by atoms with Crippen LogP contribution in [-0.2, 0) is 11.3 Å². The summed E-state index contributed by atoms with van der Waals surface area (Å²) in [6, 6.07) is 4.11. The third kappa shape index (κ3) is 4.14. The van der Waals surface area contributed by atoms with Crippen LogP contribution in [0.15, 0.2) is 12.1 Å². The molecule has 1 aromatic heterocycles. The SMILES string of the molecule is CCCNCc1ccc(N2C[C@@H](C)O[C@@H](C)C2)nn1. The van der Waals surface area contributed by atoms with E-state index in [1.807, 2.05) is 0 Å². The predicted molar refractivity (Wildman–Crippen MR) is 76.3 cm³/mol. The van der Waals surface area contributed by atoms with E-state index in [1.165, 1.54) is 0 Å². The third-order valence-electron chi connectivity index (χ3n) is 3.18. The summed E-state index contributed by atoms with van der Waals surface area (Å²) in [4.78, 5) is 2.25. The standard InChI is InChI=1S/C14H24N4O/c1-4-7-15-8-13-5-6-14(17-16-13)18-9-11(2)19-12(3)10-18/h5-6,11-12,15H,4,7-10H2,1-3H3/t11-,12+. The fourth-order valence-electron chi connectivity index (χ4n) is 2.37. The Bertz CT molecular complexity index is 372. The van der Waals surface area contributed by atoms with Crippen molar-refractivity contribution in [3.63, 3.8) is 0 Å². The predicted octanol–water partition coefficient (Wildman–Crippen LogP) is 1.59. The normalized spacial score (nSPS) is 23.6. The lowest BCUT2D eigenvalue weighted by atomic mass is 10.2. The molecule has 0 radical (unpaired) electrons. The second-order valence-corrected chi connectivity index (χ2v) is 5.22. The lowest BCUT2D eigenvalue weighted by Crippen LogP contribution is -2.45. The van der Waals surface area contributed by atoms with Crippen molar-refractivity contribution in [3.8, 4) is 0 Å². The molecule has 0 saturated carbocycles. The van der Waals surface area contributed by atoms with Crippen molar-refractivity contribution in [2.24, 2.45) is 0 Å². The molecule has 5 nitrogen and oxygen atoms in total. The van der Waals surface area contributed by atoms with Crippen molar-refractivity contribution in [1.82, 2.24) is 15.5 Å². The molecular formula is C14H24N4O. The maximum Gasteiger partial charge on any atom is 0.151 e. The lowest BCUT2D eigenvalue weighted by Gasteiger charge is -2.35. The molecule has 2 heterocycles. The van der Waals surface area contributed by atoms with E-state index in [4.69, 9.17) is 4.74 Å². The van der Waals surface area contributed by atoms with Gasteiger partial charge in [0.25, 0.3) is 0 Å². The van der Waals surface area contributed by atoms with Crippen LogP contribution in [0.2, 0.25) is 0 Å². The first-order chi connectivity index (χ1) is 9.19. The molecular weight excluding hydrogens is 240 g/mol. The Morgan fingerprint density at radius 2 is 2.00 bits per heavy atom. The Morgan fingerprint density at radius 3 is 2.58 bits per heavy atom. The van der Waals surface area contributed by atoms with Crippen molar-refractivity contribution >= 4 is 5.82 Å². The summed E-state index contributed by atoms with van der Waals surface area (Å²) >= 11 is 0. The van der Waals surface area contributed by atoms with Gasteiger partial charge < -0.3 is 15.0 Å². The summed E-state index contributed by atoms with van der Waals surface area (Å²) in [5.41, 5.74) is 0.992. The number of hydrogen-bond donors (Lipinski definition) is 1. The molecule has 2 rings (SSSR count). The first-order valence-electron chi connectivity index (χ1n) is 7.12. The van der Waals surface area contributed by atoms with Crippen molar-refractivity contribution in [2.75, 3.05) is 24.5 Å². The molecule has 1 aromatic rings. The topological polar surface area (TPSA) is 50.3 Å². The largest absolute Gasteiger partial charge is 0.372 e. The van der Waals surface area contributed by atoms with E-state index < -0.39 is 0 Å². The van der Waals surface area contributed by atoms with E-state index in [9.17, 15) is 0 Å². The molecule has 1 aliphatic heterocycles. The molecule has 0 amide bonds. The monoisotopic (exact) mass is 264 g/mol. The van der Waals surface area contributed by atoms with E-state index in [0.29, 0.717) is 0 Å². The number of aromatic nitrogens is 2. The molecule has 1 saturated heterocycles. The molecule has 5 heteroatoms. The van der Waals surface area contributed by atoms with E-state index in [0.717, 1.165) is 44.1 Å². The Kier molecular flexibility index (Phi) is 5.10. The molecule has 19 heavy (non-hydrogen) atoms. The van der Waals surface area contributed by atoms with Crippen LogP contribution in [0.4, 0.5) is 5.82 Å². The van der Waals surface area contributed by atoms with Gasteiger partial charge in [-0.05, 0) is 38.9 Å².